The Balaban J connectivity index is 1.94. The van der Waals surface area contributed by atoms with Crippen molar-refractivity contribution in [2.75, 3.05) is 25.6 Å². The molecule has 1 aliphatic rings. The van der Waals surface area contributed by atoms with E-state index in [0.717, 1.165) is 11.3 Å². The van der Waals surface area contributed by atoms with Gasteiger partial charge in [-0.25, -0.2) is 14.2 Å². The molecule has 1 atom stereocenters. The molecule has 2 heterocycles. The number of carbonyl (C=O) groups excluding carboxylic acids is 1. The molecule has 3 aromatic rings. The van der Waals surface area contributed by atoms with Gasteiger partial charge >= 0.3 is 5.97 Å². The summed E-state index contributed by atoms with van der Waals surface area (Å²) in [6, 6.07) is 13.1. The molecule has 0 N–H and O–H groups in total. The van der Waals surface area contributed by atoms with Gasteiger partial charge in [-0.15, -0.1) is 0 Å². The van der Waals surface area contributed by atoms with Gasteiger partial charge in [-0.2, -0.15) is 0 Å². The fourth-order valence-electron chi connectivity index (χ4n) is 3.81. The van der Waals surface area contributed by atoms with Gasteiger partial charge in [0.1, 0.15) is 5.82 Å². The van der Waals surface area contributed by atoms with Crippen molar-refractivity contribution in [3.8, 4) is 0 Å². The Morgan fingerprint density at radius 3 is 2.61 bits per heavy atom. The number of hydrogen-bond acceptors (Lipinski definition) is 6. The van der Waals surface area contributed by atoms with Crippen LogP contribution in [0.25, 0.3) is 6.08 Å². The van der Waals surface area contributed by atoms with Crippen LogP contribution in [-0.2, 0) is 9.53 Å². The van der Waals surface area contributed by atoms with E-state index in [-0.39, 0.29) is 18.0 Å². The van der Waals surface area contributed by atoms with Crippen LogP contribution < -0.4 is 19.8 Å². The number of nitrogens with zero attached hydrogens (tertiary/aromatic N) is 3. The normalized spacial score (nSPS) is 15.8. The number of carbonyl (C=O) groups is 1. The van der Waals surface area contributed by atoms with Gasteiger partial charge in [-0.1, -0.05) is 35.6 Å². The molecule has 170 valence electrons. The highest BCUT2D eigenvalue weighted by atomic mass is 32.1. The first kappa shape index (κ1) is 22.7. The fourth-order valence-corrected chi connectivity index (χ4v) is 4.86. The smallest absolute Gasteiger partial charge is 0.338 e. The number of halogens is 1. The molecule has 6 nitrogen and oxygen atoms in total. The molecule has 0 unspecified atom stereocenters. The molecule has 0 bridgehead atoms. The highest BCUT2D eigenvalue weighted by Gasteiger charge is 2.33. The van der Waals surface area contributed by atoms with Crippen molar-refractivity contribution < 1.29 is 13.9 Å². The van der Waals surface area contributed by atoms with Crippen LogP contribution in [0, 0.1) is 5.82 Å². The van der Waals surface area contributed by atoms with Crippen LogP contribution in [0.4, 0.5) is 10.1 Å². The predicted molar refractivity (Wildman–Crippen MR) is 128 cm³/mol. The lowest BCUT2D eigenvalue weighted by atomic mass is 9.95. The minimum atomic E-state index is -0.675. The zero-order chi connectivity index (χ0) is 23.7. The van der Waals surface area contributed by atoms with Crippen LogP contribution in [0.1, 0.15) is 31.0 Å². The number of ether oxygens (including phenoxy) is 1. The van der Waals surface area contributed by atoms with Crippen molar-refractivity contribution in [1.29, 1.82) is 0 Å². The maximum absolute atomic E-state index is 13.7. The number of rotatable bonds is 5. The van der Waals surface area contributed by atoms with Gasteiger partial charge in [0.25, 0.3) is 5.56 Å². The Kier molecular flexibility index (Phi) is 6.29. The lowest BCUT2D eigenvalue weighted by Crippen LogP contribution is -2.39. The first-order chi connectivity index (χ1) is 15.8. The number of esters is 1. The summed E-state index contributed by atoms with van der Waals surface area (Å²) in [4.78, 5) is 33.4. The molecule has 4 rings (SSSR count). The van der Waals surface area contributed by atoms with E-state index in [9.17, 15) is 14.0 Å². The van der Waals surface area contributed by atoms with Gasteiger partial charge in [0.15, 0.2) is 4.80 Å². The second kappa shape index (κ2) is 9.15. The van der Waals surface area contributed by atoms with Gasteiger partial charge in [0, 0.05) is 19.8 Å². The Morgan fingerprint density at radius 1 is 1.24 bits per heavy atom. The van der Waals surface area contributed by atoms with Crippen molar-refractivity contribution >= 4 is 29.1 Å². The predicted octanol–water partition coefficient (Wildman–Crippen LogP) is 3.00. The zero-order valence-corrected chi connectivity index (χ0v) is 19.6. The zero-order valence-electron chi connectivity index (χ0n) is 18.8. The third-order valence-electron chi connectivity index (χ3n) is 5.39. The van der Waals surface area contributed by atoms with Crippen molar-refractivity contribution in [2.24, 2.45) is 4.99 Å². The van der Waals surface area contributed by atoms with Crippen LogP contribution >= 0.6 is 11.3 Å². The molecule has 0 radical (unpaired) electrons. The average molecular weight is 466 g/mol. The number of fused-ring (bicyclic) bond motifs is 1. The lowest BCUT2D eigenvalue weighted by molar-refractivity contribution is -0.139. The van der Waals surface area contributed by atoms with E-state index >= 15 is 0 Å². The quantitative estimate of drug-likeness (QED) is 0.544. The standard InChI is InChI=1S/C25H24FN3O3S/c1-5-32-24(31)21-15(2)27-25-29(22(21)17-9-11-19(12-10-17)28(3)4)23(30)20(33-25)14-16-7-6-8-18(26)13-16/h6-14,22H,5H2,1-4H3/b20-14+/t22-/m1/s1. The third kappa shape index (κ3) is 4.39. The van der Waals surface area contributed by atoms with Crippen LogP contribution in [0.2, 0.25) is 0 Å². The van der Waals surface area contributed by atoms with Gasteiger partial charge < -0.3 is 9.64 Å². The Bertz CT molecular complexity index is 1420. The van der Waals surface area contributed by atoms with E-state index in [1.807, 2.05) is 43.3 Å². The monoisotopic (exact) mass is 465 g/mol. The second-order valence-electron chi connectivity index (χ2n) is 7.84. The maximum atomic E-state index is 13.7. The van der Waals surface area contributed by atoms with Crippen LogP contribution in [0.5, 0.6) is 0 Å². The van der Waals surface area contributed by atoms with Crippen molar-refractivity contribution in [2.45, 2.75) is 19.9 Å². The first-order valence-corrected chi connectivity index (χ1v) is 11.3. The summed E-state index contributed by atoms with van der Waals surface area (Å²) in [6.07, 6.45) is 1.64. The third-order valence-corrected chi connectivity index (χ3v) is 6.37. The minimum Gasteiger partial charge on any atom is -0.463 e. The first-order valence-electron chi connectivity index (χ1n) is 10.5. The SMILES string of the molecule is CCOC(=O)C1=C(C)N=c2s/c(=C/c3cccc(F)c3)c(=O)n2[C@@H]1c1ccc(N(C)C)cc1. The molecular weight excluding hydrogens is 441 g/mol. The second-order valence-corrected chi connectivity index (χ2v) is 8.85. The lowest BCUT2D eigenvalue weighted by Gasteiger charge is -2.25. The van der Waals surface area contributed by atoms with Crippen LogP contribution in [0.15, 0.2) is 69.6 Å². The minimum absolute atomic E-state index is 0.214. The van der Waals surface area contributed by atoms with Crippen LogP contribution in [-0.4, -0.2) is 31.2 Å². The molecule has 1 aliphatic heterocycles. The van der Waals surface area contributed by atoms with Crippen LogP contribution in [0.3, 0.4) is 0 Å². The highest BCUT2D eigenvalue weighted by molar-refractivity contribution is 7.07. The number of benzene rings is 2. The molecule has 0 spiro atoms. The molecule has 0 fully saturated rings. The molecule has 33 heavy (non-hydrogen) atoms. The number of hydrogen-bond donors (Lipinski definition) is 0. The Morgan fingerprint density at radius 2 is 1.97 bits per heavy atom. The van der Waals surface area contributed by atoms with E-state index in [1.54, 1.807) is 32.1 Å². The Hall–Kier alpha value is -3.52. The topological polar surface area (TPSA) is 63.9 Å². The highest BCUT2D eigenvalue weighted by Crippen LogP contribution is 2.31. The maximum Gasteiger partial charge on any atom is 0.338 e. The van der Waals surface area contributed by atoms with E-state index < -0.39 is 12.0 Å². The number of allylic oxidation sites excluding steroid dienone is 1. The summed E-state index contributed by atoms with van der Waals surface area (Å²) in [5, 5.41) is 0. The number of thiazole rings is 1. The summed E-state index contributed by atoms with van der Waals surface area (Å²) < 4.78 is 20.9. The number of anilines is 1. The summed E-state index contributed by atoms with van der Waals surface area (Å²) in [7, 11) is 3.89. The Labute approximate surface area is 194 Å². The van der Waals surface area contributed by atoms with Gasteiger partial charge in [-0.05, 0) is 55.3 Å². The van der Waals surface area contributed by atoms with E-state index in [4.69, 9.17) is 4.74 Å². The average Bonchev–Trinajstić information content (AvgIpc) is 3.07. The molecule has 0 amide bonds. The molecule has 2 aromatic carbocycles. The van der Waals surface area contributed by atoms with Gasteiger partial charge in [-0.3, -0.25) is 9.36 Å². The molecule has 0 saturated carbocycles. The summed E-state index contributed by atoms with van der Waals surface area (Å²) in [5.74, 6) is -0.879. The molecule has 0 aliphatic carbocycles. The van der Waals surface area contributed by atoms with Gasteiger partial charge in [0.2, 0.25) is 0 Å². The molecule has 8 heteroatoms. The fraction of sp³-hybridized carbons (Fsp3) is 0.240. The van der Waals surface area contributed by atoms with Gasteiger partial charge in [0.05, 0.1) is 28.5 Å². The number of aromatic nitrogens is 1. The largest absolute Gasteiger partial charge is 0.463 e. The molecule has 0 saturated heterocycles. The summed E-state index contributed by atoms with van der Waals surface area (Å²) in [6.45, 7) is 3.70. The van der Waals surface area contributed by atoms with Crippen molar-refractivity contribution in [3.63, 3.8) is 0 Å². The van der Waals surface area contributed by atoms with Crippen molar-refractivity contribution in [1.82, 2.24) is 4.57 Å². The van der Waals surface area contributed by atoms with Crippen molar-refractivity contribution in [3.05, 3.63) is 96.4 Å². The molecule has 1 aromatic heterocycles. The van der Waals surface area contributed by atoms with E-state index in [2.05, 4.69) is 4.99 Å². The van der Waals surface area contributed by atoms with E-state index in [1.165, 1.54) is 28.0 Å². The molecular formula is C25H24FN3O3S. The summed E-state index contributed by atoms with van der Waals surface area (Å²) in [5.41, 5.74) is 2.90. The van der Waals surface area contributed by atoms with E-state index in [0.29, 0.717) is 26.2 Å². The summed E-state index contributed by atoms with van der Waals surface area (Å²) >= 11 is 1.21.